The summed E-state index contributed by atoms with van der Waals surface area (Å²) in [6, 6.07) is 35.3. The molecule has 0 saturated heterocycles. The number of esters is 1. The van der Waals surface area contributed by atoms with E-state index in [4.69, 9.17) is 16.1 Å². The number of fused-ring (bicyclic) bond motifs is 4. The Morgan fingerprint density at radius 2 is 0.905 bits per heavy atom. The molecule has 14 nitrogen and oxygen atoms in total. The third kappa shape index (κ3) is 26.4. The predicted octanol–water partition coefficient (Wildman–Crippen LogP) is 7.46. The van der Waals surface area contributed by atoms with Crippen molar-refractivity contribution >= 4 is 30.6 Å². The van der Waals surface area contributed by atoms with Crippen LogP contribution in [-0.4, -0.2) is 146 Å². The van der Waals surface area contributed by atoms with Gasteiger partial charge in [0.1, 0.15) is 12.5 Å². The highest BCUT2D eigenvalue weighted by Gasteiger charge is 2.18. The lowest BCUT2D eigenvalue weighted by Gasteiger charge is -2.24. The van der Waals surface area contributed by atoms with Crippen molar-refractivity contribution in [3.8, 4) is 0 Å². The van der Waals surface area contributed by atoms with E-state index in [2.05, 4.69) is 158 Å². The van der Waals surface area contributed by atoms with Crippen LogP contribution in [-0.2, 0) is 70.5 Å². The van der Waals surface area contributed by atoms with Gasteiger partial charge in [-0.2, -0.15) is 0 Å². The fourth-order valence-corrected chi connectivity index (χ4v) is 9.22. The smallest absolute Gasteiger partial charge is 0.352 e. The molecule has 6 N–H and O–H groups in total. The molecule has 4 heterocycles. The van der Waals surface area contributed by atoms with Gasteiger partial charge in [-0.3, -0.25) is 4.79 Å². The molecular weight excluding hydrogens is 929 g/mol. The van der Waals surface area contributed by atoms with Crippen molar-refractivity contribution in [2.75, 3.05) is 78.6 Å². The molecule has 1 amide bonds. The second-order valence-corrected chi connectivity index (χ2v) is 20.1. The van der Waals surface area contributed by atoms with Crippen molar-refractivity contribution in [1.29, 1.82) is 0 Å². The van der Waals surface area contributed by atoms with E-state index in [0.717, 1.165) is 83.6 Å². The maximum atomic E-state index is 11.3. The number of aldehydes is 1. The minimum atomic E-state index is -0.630. The van der Waals surface area contributed by atoms with Crippen LogP contribution in [0.4, 0.5) is 0 Å². The summed E-state index contributed by atoms with van der Waals surface area (Å²) < 4.78 is 4.33. The van der Waals surface area contributed by atoms with Gasteiger partial charge in [0.05, 0.1) is 6.61 Å². The zero-order valence-electron chi connectivity index (χ0n) is 45.8. The summed E-state index contributed by atoms with van der Waals surface area (Å²) in [5, 5.41) is 27.4. The number of carbonyl (C=O) groups excluding carboxylic acids is 3. The second kappa shape index (κ2) is 37.0. The molecule has 8 rings (SSSR count). The summed E-state index contributed by atoms with van der Waals surface area (Å²) in [6.45, 7) is 26.4. The van der Waals surface area contributed by atoms with Gasteiger partial charge in [-0.1, -0.05) is 135 Å². The Balaban J connectivity index is 0.000000244. The van der Waals surface area contributed by atoms with Crippen LogP contribution >= 0.6 is 0 Å². The maximum absolute atomic E-state index is 11.3. The molecule has 4 aliphatic rings. The first-order valence-electron chi connectivity index (χ1n) is 26.9. The average molecular weight is 1020 g/mol. The first-order valence-corrected chi connectivity index (χ1v) is 26.9. The average Bonchev–Trinajstić information content (AvgIpc) is 3.92. The van der Waals surface area contributed by atoms with Gasteiger partial charge in [0.2, 0.25) is 0 Å². The zero-order chi connectivity index (χ0) is 53.9. The quantitative estimate of drug-likeness (QED) is 0.0331. The van der Waals surface area contributed by atoms with E-state index < -0.39 is 5.97 Å². The summed E-state index contributed by atoms with van der Waals surface area (Å²) in [6.07, 6.45) is 11.8. The zero-order valence-corrected chi connectivity index (χ0v) is 45.8. The molecule has 4 aromatic rings. The van der Waals surface area contributed by atoms with Crippen LogP contribution in [0.2, 0.25) is 0 Å². The van der Waals surface area contributed by atoms with Gasteiger partial charge in [-0.25, -0.2) is 4.79 Å². The molecule has 0 radical (unpaired) electrons. The highest BCUT2D eigenvalue weighted by molar-refractivity contribution is 6.26. The van der Waals surface area contributed by atoms with Crippen LogP contribution in [0.1, 0.15) is 93.0 Å². The lowest BCUT2D eigenvalue weighted by Crippen LogP contribution is -2.43. The van der Waals surface area contributed by atoms with Crippen LogP contribution in [0, 0.1) is 11.8 Å². The normalized spacial score (nSPS) is 16.4. The summed E-state index contributed by atoms with van der Waals surface area (Å²) in [5.41, 5.74) is 17.9. The molecular formula is C60H90N8O6. The van der Waals surface area contributed by atoms with Gasteiger partial charge in [0, 0.05) is 76.9 Å². The van der Waals surface area contributed by atoms with E-state index in [1.54, 1.807) is 18.1 Å². The number of nitrogens with zero attached hydrogens (tertiary/aromatic N) is 5. The Labute approximate surface area is 443 Å². The van der Waals surface area contributed by atoms with Gasteiger partial charge < -0.3 is 51.0 Å². The maximum Gasteiger partial charge on any atom is 0.352 e. The van der Waals surface area contributed by atoms with Gasteiger partial charge in [0.15, 0.2) is 6.21 Å². The molecule has 4 aliphatic heterocycles. The van der Waals surface area contributed by atoms with Crippen LogP contribution in [0.15, 0.2) is 107 Å². The molecule has 0 fully saturated rings. The van der Waals surface area contributed by atoms with Crippen LogP contribution in [0.3, 0.4) is 0 Å². The topological polar surface area (TPSA) is 185 Å². The van der Waals surface area contributed by atoms with Gasteiger partial charge >= 0.3 is 5.97 Å². The highest BCUT2D eigenvalue weighted by atomic mass is 16.5. The molecule has 0 bridgehead atoms. The number of rotatable bonds is 11. The molecule has 0 aromatic heterocycles. The Morgan fingerprint density at radius 3 is 1.20 bits per heavy atom. The van der Waals surface area contributed by atoms with E-state index in [-0.39, 0.29) is 23.9 Å². The Hall–Kier alpha value is -5.77. The third-order valence-corrected chi connectivity index (χ3v) is 12.8. The first-order chi connectivity index (χ1) is 35.7. The minimum absolute atomic E-state index is 0.0294. The van der Waals surface area contributed by atoms with Crippen LogP contribution < -0.4 is 16.4 Å². The monoisotopic (exact) mass is 1020 g/mol. The van der Waals surface area contributed by atoms with E-state index in [9.17, 15) is 14.4 Å². The second-order valence-electron chi connectivity index (χ2n) is 20.1. The van der Waals surface area contributed by atoms with Gasteiger partial charge in [-0.05, 0) is 136 Å². The number of hydrogen-bond donors (Lipinski definition) is 5. The van der Waals surface area contributed by atoms with Crippen molar-refractivity contribution in [2.45, 2.75) is 112 Å². The Morgan fingerprint density at radius 1 is 0.581 bits per heavy atom. The fraction of sp³-hybridized carbons (Fsp3) is 0.517. The van der Waals surface area contributed by atoms with Crippen LogP contribution in [0.25, 0.3) is 0 Å². The number of carbonyl (C=O) groups is 3. The van der Waals surface area contributed by atoms with Gasteiger partial charge in [-0.15, -0.1) is 0 Å². The van der Waals surface area contributed by atoms with Gasteiger partial charge in [0.25, 0.3) is 5.91 Å². The molecule has 14 heteroatoms. The summed E-state index contributed by atoms with van der Waals surface area (Å²) >= 11 is 0. The number of benzene rings is 4. The van der Waals surface area contributed by atoms with Crippen molar-refractivity contribution in [3.63, 3.8) is 0 Å². The molecule has 2 atom stereocenters. The molecule has 0 spiro atoms. The van der Waals surface area contributed by atoms with E-state index in [0.29, 0.717) is 12.8 Å². The van der Waals surface area contributed by atoms with Crippen molar-refractivity contribution in [1.82, 2.24) is 25.3 Å². The van der Waals surface area contributed by atoms with E-state index in [1.165, 1.54) is 91.5 Å². The van der Waals surface area contributed by atoms with Crippen molar-refractivity contribution < 1.29 is 29.5 Å². The fourth-order valence-electron chi connectivity index (χ4n) is 9.22. The van der Waals surface area contributed by atoms with Crippen LogP contribution in [0.5, 0.6) is 0 Å². The van der Waals surface area contributed by atoms with E-state index in [1.807, 2.05) is 20.8 Å². The molecule has 0 saturated carbocycles. The summed E-state index contributed by atoms with van der Waals surface area (Å²) in [7, 11) is 0. The molecule has 406 valence electrons. The largest absolute Gasteiger partial charge is 0.462 e. The lowest BCUT2D eigenvalue weighted by atomic mass is 10.0. The van der Waals surface area contributed by atoms with Crippen molar-refractivity contribution in [3.05, 3.63) is 142 Å². The predicted molar refractivity (Wildman–Crippen MR) is 302 cm³/mol. The molecule has 0 unspecified atom stereocenters. The number of nitrogens with one attached hydrogen (secondary N) is 2. The number of oxime groups is 2. The molecule has 74 heavy (non-hydrogen) atoms. The molecule has 4 aromatic carbocycles. The number of hydrogen-bond acceptors (Lipinski definition) is 13. The Bertz CT molecular complexity index is 2080. The standard InChI is InChI=1S/C15H21N3O2.C14H21N.C13H20N2.C10H13N.C4H7NO3.C4H8O/c1-12(17-15(19)10-16-20)11-18-8-6-13-4-2-3-5-14(13)7-9-18;1-12(2)11-15-9-7-13-5-3-4-6-14(13)8-10-15;1-11(14)10-15-8-6-12-4-2-3-5-13(12)7-9-15;1-2-4-10-6-8-11-7-5-9(10)3-1;1-2-8-4(6)3-5-7;1-4(2)3-5/h2-5,10,12,20H,6-9,11H2,1H3,(H,17,19);3-6,12H,7-11H2,1-2H3;2-5,11H,6-10,14H2,1H3;1-4,11H,5-8H2;3,7H,2H2,1H3;3-4H,1-2H3/b16-10+;;;;5-3+;/t12-;;11-;;;/m0.0.../s1. The Kier molecular flexibility index (Phi) is 31.3. The third-order valence-electron chi connectivity index (χ3n) is 12.8. The summed E-state index contributed by atoms with van der Waals surface area (Å²) in [5.74, 6) is -0.00526. The summed E-state index contributed by atoms with van der Waals surface area (Å²) in [4.78, 5) is 38.4. The minimum Gasteiger partial charge on any atom is -0.462 e. The SMILES string of the molecule is CC(C)C=O.CC(C)CN1CCc2ccccc2CC1.CCOC(=O)/C=N/O.C[C@@H](CN1CCc2ccccc2CC1)NC(=O)/C=N/O.C[C@H](N)CN1CCc2ccccc2CC1.c1ccc2c(c1)CCNCC2. The van der Waals surface area contributed by atoms with Crippen molar-refractivity contribution in [2.24, 2.45) is 27.9 Å². The molecule has 0 aliphatic carbocycles. The number of ether oxygens (including phenoxy) is 1. The first kappa shape index (κ1) is 62.5. The van der Waals surface area contributed by atoms with E-state index >= 15 is 0 Å². The number of nitrogens with two attached hydrogens (primary N) is 1. The number of amides is 1. The lowest BCUT2D eigenvalue weighted by molar-refractivity contribution is -0.134. The highest BCUT2D eigenvalue weighted by Crippen LogP contribution is 2.18.